The summed E-state index contributed by atoms with van der Waals surface area (Å²) in [5, 5.41) is 43.8. The Morgan fingerprint density at radius 3 is 1.47 bits per heavy atom. The number of hydrogen-bond acceptors (Lipinski definition) is 20. The molecule has 5 N–H and O–H groups in total. The van der Waals surface area contributed by atoms with E-state index in [9.17, 15) is 38.2 Å². The lowest BCUT2D eigenvalue weighted by Crippen LogP contribution is -2.36. The van der Waals surface area contributed by atoms with Crippen LogP contribution in [0, 0.1) is 44.9 Å². The minimum atomic E-state index is -3.87. The molecule has 4 aromatic rings. The lowest BCUT2D eigenvalue weighted by atomic mass is 9.96. The predicted octanol–water partition coefficient (Wildman–Crippen LogP) is 6.51. The molecule has 2 aromatic carbocycles. The lowest BCUT2D eigenvalue weighted by molar-refractivity contribution is -0.383. The van der Waals surface area contributed by atoms with Gasteiger partial charge in [0.05, 0.1) is 16.0 Å². The van der Waals surface area contributed by atoms with Crippen molar-refractivity contribution in [2.24, 2.45) is 10.8 Å². The van der Waals surface area contributed by atoms with Crippen LogP contribution in [0.2, 0.25) is 0 Å². The van der Waals surface area contributed by atoms with Crippen molar-refractivity contribution < 1.29 is 37.7 Å². The highest BCUT2D eigenvalue weighted by Gasteiger charge is 2.33. The van der Waals surface area contributed by atoms with Crippen LogP contribution in [0.15, 0.2) is 41.6 Å². The summed E-state index contributed by atoms with van der Waals surface area (Å²) in [6.45, 7) is 20.4. The lowest BCUT2D eigenvalue weighted by Gasteiger charge is -2.30. The highest BCUT2D eigenvalue weighted by Crippen LogP contribution is 2.39. The van der Waals surface area contributed by atoms with Gasteiger partial charge in [0, 0.05) is 96.2 Å². The summed E-state index contributed by atoms with van der Waals surface area (Å²) in [6, 6.07) is 10.0. The van der Waals surface area contributed by atoms with Gasteiger partial charge in [-0.05, 0) is 99.8 Å². The highest BCUT2D eigenvalue weighted by molar-refractivity contribution is 7.90. The number of nitro groups is 2. The first-order chi connectivity index (χ1) is 35.3. The van der Waals surface area contributed by atoms with Crippen molar-refractivity contribution in [3.05, 3.63) is 78.9 Å². The zero-order valence-electron chi connectivity index (χ0n) is 46.7. The molecular weight excluding hydrogens is 1000 g/mol. The third-order valence-electron chi connectivity index (χ3n) is 12.1. The summed E-state index contributed by atoms with van der Waals surface area (Å²) < 4.78 is 30.6. The van der Waals surface area contributed by atoms with E-state index in [4.69, 9.17) is 9.84 Å². The minimum absolute atomic E-state index is 0.0193. The number of carbonyl (C=O) groups excluding carboxylic acids is 2. The van der Waals surface area contributed by atoms with Gasteiger partial charge in [-0.2, -0.15) is 19.9 Å². The Balaban J connectivity index is 0.000000287. The van der Waals surface area contributed by atoms with Crippen LogP contribution < -0.4 is 35.8 Å². The molecule has 0 unspecified atom stereocenters. The Labute approximate surface area is 446 Å². The number of aliphatic hydroxyl groups excluding tert-OH is 1. The van der Waals surface area contributed by atoms with E-state index in [1.807, 2.05) is 27.7 Å². The molecule has 2 aliphatic heterocycles. The number of likely N-dealkylation sites (tertiary alicyclic amines) is 2. The predicted molar refractivity (Wildman–Crippen MR) is 296 cm³/mol. The maximum atomic E-state index is 12.3. The largest absolute Gasteiger partial charge is 0.460 e. The molecule has 0 aliphatic carbocycles. The molecule has 0 atom stereocenters. The number of anilines is 6. The second-order valence-electron chi connectivity index (χ2n) is 21.8. The third-order valence-corrected chi connectivity index (χ3v) is 13.0. The van der Waals surface area contributed by atoms with Crippen LogP contribution in [-0.2, 0) is 9.84 Å². The van der Waals surface area contributed by atoms with E-state index in [-0.39, 0.29) is 69.8 Å². The molecular formula is C51H78N14O10S. The first-order valence-electron chi connectivity index (χ1n) is 25.0. The fraction of sp³-hybridized carbons (Fsp3) is 0.569. The van der Waals surface area contributed by atoms with Gasteiger partial charge in [0.15, 0.2) is 0 Å². The summed E-state index contributed by atoms with van der Waals surface area (Å²) in [4.78, 5) is 72.1. The Hall–Kier alpha value is -6.83. The van der Waals surface area contributed by atoms with Crippen LogP contribution in [0.25, 0.3) is 0 Å². The summed E-state index contributed by atoms with van der Waals surface area (Å²) >= 11 is 0. The number of aromatic nitrogens is 4. The Morgan fingerprint density at radius 2 is 1.11 bits per heavy atom. The summed E-state index contributed by atoms with van der Waals surface area (Å²) in [7, 11) is 6.70. The minimum Gasteiger partial charge on any atom is -0.460 e. The standard InChI is InChI=1S/C25H37N7O4.C20H28N6O5S.C6H13NO/c1-16-8-9-17(23(33)26-5)14-19(16)27-21-20(32(34)35)22(31(7)15-25(2,3)4)29-24(28-21)36-18-10-12-30(6)13-11-18;1-12-8-9-13(18(27)21-5)10-14(12)22-16-15(26(28)29)17(25(6)11-20(2,3)4)24-19(23-16)32(7,30)31;1-7-4-2-6(8)3-5-7/h8-9,14,18H,10-13,15H2,1-7H3,(H,26,33)(H,27,28,29);8-10H,11H2,1-7H3,(H,21,27)(H,22,23,24);6,8H,2-5H2,1H3. The van der Waals surface area contributed by atoms with E-state index in [0.29, 0.717) is 41.2 Å². The van der Waals surface area contributed by atoms with E-state index in [1.54, 1.807) is 63.3 Å². The number of sulfone groups is 1. The highest BCUT2D eigenvalue weighted by atomic mass is 32.2. The number of hydrogen-bond donors (Lipinski definition) is 5. The van der Waals surface area contributed by atoms with Gasteiger partial charge in [-0.3, -0.25) is 29.8 Å². The summed E-state index contributed by atoms with van der Waals surface area (Å²) in [6.07, 6.45) is 4.39. The van der Waals surface area contributed by atoms with Crippen molar-refractivity contribution in [2.45, 2.75) is 98.4 Å². The van der Waals surface area contributed by atoms with E-state index in [0.717, 1.165) is 63.7 Å². The molecule has 0 bridgehead atoms. The number of benzene rings is 2. The number of amides is 2. The van der Waals surface area contributed by atoms with Crippen molar-refractivity contribution in [1.29, 1.82) is 0 Å². The van der Waals surface area contributed by atoms with Gasteiger partial charge in [-0.25, -0.2) is 8.42 Å². The Bertz CT molecular complexity index is 2800. The van der Waals surface area contributed by atoms with E-state index in [1.165, 1.54) is 18.0 Å². The Kier molecular flexibility index (Phi) is 21.3. The van der Waals surface area contributed by atoms with Gasteiger partial charge in [-0.15, -0.1) is 0 Å². The summed E-state index contributed by atoms with van der Waals surface area (Å²) in [5.41, 5.74) is 2.05. The first kappa shape index (κ1) is 61.7. The number of carbonyl (C=O) groups is 2. The number of aryl methyl sites for hydroxylation is 2. The van der Waals surface area contributed by atoms with Crippen molar-refractivity contribution in [3.63, 3.8) is 0 Å². The van der Waals surface area contributed by atoms with Crippen LogP contribution in [0.1, 0.15) is 99.1 Å². The molecule has 6 rings (SSSR count). The molecule has 0 spiro atoms. The molecule has 76 heavy (non-hydrogen) atoms. The number of nitrogens with zero attached hydrogens (tertiary/aromatic N) is 10. The van der Waals surface area contributed by atoms with Gasteiger partial charge in [-0.1, -0.05) is 53.7 Å². The Morgan fingerprint density at radius 1 is 0.711 bits per heavy atom. The SMILES string of the molecule is CN1CCC(O)CC1.CNC(=O)c1ccc(C)c(Nc2nc(OC3CCN(C)CC3)nc(N(C)CC(C)(C)C)c2[N+](=O)[O-])c1.CNC(=O)c1ccc(C)c(Nc2nc(S(C)(=O)=O)nc(N(C)CC(C)(C)C)c2[N+](=O)[O-])c1. The summed E-state index contributed by atoms with van der Waals surface area (Å²) in [5.74, 6) is -0.803. The van der Waals surface area contributed by atoms with Crippen molar-refractivity contribution in [3.8, 4) is 6.01 Å². The molecule has 0 radical (unpaired) electrons. The van der Waals surface area contributed by atoms with E-state index < -0.39 is 30.5 Å². The third kappa shape index (κ3) is 18.2. The van der Waals surface area contributed by atoms with Gasteiger partial charge >= 0.3 is 17.4 Å². The topological polar surface area (TPSA) is 297 Å². The number of nitrogens with one attached hydrogen (secondary N) is 4. The van der Waals surface area contributed by atoms with Gasteiger partial charge in [0.2, 0.25) is 33.1 Å². The molecule has 4 heterocycles. The fourth-order valence-electron chi connectivity index (χ4n) is 8.27. The second kappa shape index (κ2) is 26.3. The maximum absolute atomic E-state index is 12.3. The molecule has 418 valence electrons. The maximum Gasteiger partial charge on any atom is 0.354 e. The average Bonchev–Trinajstić information content (AvgIpc) is 3.32. The zero-order valence-corrected chi connectivity index (χ0v) is 47.5. The molecule has 24 nitrogen and oxygen atoms in total. The van der Waals surface area contributed by atoms with Crippen LogP contribution in [0.5, 0.6) is 6.01 Å². The first-order valence-corrected chi connectivity index (χ1v) is 26.9. The average molecular weight is 1080 g/mol. The van der Waals surface area contributed by atoms with Gasteiger partial charge in [0.25, 0.3) is 17.0 Å². The van der Waals surface area contributed by atoms with E-state index in [2.05, 4.69) is 85.9 Å². The van der Waals surface area contributed by atoms with Crippen molar-refractivity contribution >= 4 is 67.7 Å². The number of ether oxygens (including phenoxy) is 1. The molecule has 2 fully saturated rings. The zero-order chi connectivity index (χ0) is 57.0. The van der Waals surface area contributed by atoms with Crippen molar-refractivity contribution in [1.82, 2.24) is 40.4 Å². The molecule has 2 amide bonds. The second-order valence-corrected chi connectivity index (χ2v) is 23.7. The molecule has 2 aliphatic rings. The van der Waals surface area contributed by atoms with Crippen molar-refractivity contribution in [2.75, 3.05) is 108 Å². The van der Waals surface area contributed by atoms with Gasteiger partial charge < -0.3 is 50.7 Å². The van der Waals surface area contributed by atoms with Gasteiger partial charge in [0.1, 0.15) is 6.10 Å². The number of piperidine rings is 2. The quantitative estimate of drug-likeness (QED) is 0.0482. The normalized spacial score (nSPS) is 14.7. The van der Waals surface area contributed by atoms with Crippen LogP contribution >= 0.6 is 0 Å². The molecule has 2 aromatic heterocycles. The smallest absolute Gasteiger partial charge is 0.354 e. The molecule has 2 saturated heterocycles. The fourth-order valence-corrected chi connectivity index (χ4v) is 8.78. The number of aliphatic hydroxyl groups is 1. The monoisotopic (exact) mass is 1080 g/mol. The number of rotatable bonds is 15. The van der Waals surface area contributed by atoms with E-state index >= 15 is 0 Å². The molecule has 25 heteroatoms. The molecule has 0 saturated carbocycles. The van der Waals surface area contributed by atoms with Crippen LogP contribution in [0.3, 0.4) is 0 Å². The van der Waals surface area contributed by atoms with Crippen LogP contribution in [-0.4, -0.2) is 165 Å². The van der Waals surface area contributed by atoms with Crippen LogP contribution in [0.4, 0.5) is 46.0 Å².